The third-order valence-corrected chi connectivity index (χ3v) is 6.91. The fraction of sp³-hybridized carbons (Fsp3) is 0.429. The molecule has 0 aliphatic heterocycles. The Morgan fingerprint density at radius 2 is 1.78 bits per heavy atom. The van der Waals surface area contributed by atoms with Crippen LogP contribution in [-0.4, -0.2) is 41.2 Å². The van der Waals surface area contributed by atoms with Crippen LogP contribution in [0.3, 0.4) is 0 Å². The van der Waals surface area contributed by atoms with Crippen molar-refractivity contribution in [3.8, 4) is 22.5 Å². The van der Waals surface area contributed by atoms with Gasteiger partial charge < -0.3 is 0 Å². The zero-order valence-electron chi connectivity index (χ0n) is 21.0. The molecule has 4 aromatic rings. The molecule has 186 valence electrons. The van der Waals surface area contributed by atoms with E-state index in [1.807, 2.05) is 22.9 Å². The first-order valence-corrected chi connectivity index (χ1v) is 13.0. The van der Waals surface area contributed by atoms with Crippen molar-refractivity contribution in [1.29, 1.82) is 0 Å². The van der Waals surface area contributed by atoms with Crippen LogP contribution in [0.25, 0.3) is 22.5 Å². The summed E-state index contributed by atoms with van der Waals surface area (Å²) < 4.78 is 1.91. The zero-order chi connectivity index (χ0) is 24.9. The number of hydrogen-bond donors (Lipinski definition) is 1. The number of carbonyl (C=O) groups excluding carboxylic acids is 1. The maximum absolute atomic E-state index is 13.0. The summed E-state index contributed by atoms with van der Waals surface area (Å²) in [6.45, 7) is 4.91. The third-order valence-electron chi connectivity index (χ3n) is 6.91. The average Bonchev–Trinajstić information content (AvgIpc) is 3.56. The molecule has 2 aromatic heterocycles. The molecule has 1 aliphatic carbocycles. The van der Waals surface area contributed by atoms with Crippen molar-refractivity contribution >= 4 is 5.78 Å². The van der Waals surface area contributed by atoms with Gasteiger partial charge in [0.2, 0.25) is 11.6 Å². The number of nitrogens with zero attached hydrogens (tertiary/aromatic N) is 6. The molecule has 0 saturated heterocycles. The molecule has 36 heavy (non-hydrogen) atoms. The normalized spacial score (nSPS) is 14.4. The number of hydrogen-bond acceptors (Lipinski definition) is 6. The van der Waals surface area contributed by atoms with Gasteiger partial charge in [-0.05, 0) is 39.0 Å². The van der Waals surface area contributed by atoms with Crippen LogP contribution < -0.4 is 0 Å². The highest BCUT2D eigenvalue weighted by Crippen LogP contribution is 2.30. The van der Waals surface area contributed by atoms with Gasteiger partial charge in [0, 0.05) is 18.4 Å². The molecule has 1 aliphatic rings. The van der Waals surface area contributed by atoms with E-state index >= 15 is 0 Å². The zero-order valence-corrected chi connectivity index (χ0v) is 21.0. The van der Waals surface area contributed by atoms with Crippen molar-refractivity contribution in [2.75, 3.05) is 0 Å². The average molecular weight is 484 g/mol. The Bertz CT molecular complexity index is 1290. The standard InChI is InChI=1S/C28H33N7O/c1-19(2)16-26-29-28(25(36)17-20-8-4-3-5-9-20)32-35(26)18-21-12-14-22(15-13-21)23-10-6-7-11-24(23)27-30-33-34-31-27/h6-7,10-15,19-20H,3-5,8-9,16-18H2,1-2H3,(H,30,31,33,34). The Morgan fingerprint density at radius 3 is 2.47 bits per heavy atom. The van der Waals surface area contributed by atoms with E-state index in [0.717, 1.165) is 47.3 Å². The lowest BCUT2D eigenvalue weighted by molar-refractivity contribution is 0.0939. The molecule has 0 bridgehead atoms. The fourth-order valence-electron chi connectivity index (χ4n) is 5.06. The summed E-state index contributed by atoms with van der Waals surface area (Å²) >= 11 is 0. The van der Waals surface area contributed by atoms with E-state index < -0.39 is 0 Å². The Morgan fingerprint density at radius 1 is 1.03 bits per heavy atom. The third kappa shape index (κ3) is 5.58. The van der Waals surface area contributed by atoms with Gasteiger partial charge in [-0.2, -0.15) is 0 Å². The maximum Gasteiger partial charge on any atom is 0.217 e. The van der Waals surface area contributed by atoms with Crippen LogP contribution in [0.5, 0.6) is 0 Å². The lowest BCUT2D eigenvalue weighted by Crippen LogP contribution is -2.13. The van der Waals surface area contributed by atoms with E-state index in [1.165, 1.54) is 19.3 Å². The highest BCUT2D eigenvalue weighted by atomic mass is 16.1. The lowest BCUT2D eigenvalue weighted by atomic mass is 9.86. The molecule has 1 N–H and O–H groups in total. The van der Waals surface area contributed by atoms with Crippen LogP contribution in [0.4, 0.5) is 0 Å². The van der Waals surface area contributed by atoms with Crippen LogP contribution in [0.15, 0.2) is 48.5 Å². The first-order chi connectivity index (χ1) is 17.6. The van der Waals surface area contributed by atoms with E-state index in [-0.39, 0.29) is 5.78 Å². The molecule has 8 nitrogen and oxygen atoms in total. The van der Waals surface area contributed by atoms with Crippen molar-refractivity contribution in [3.05, 3.63) is 65.7 Å². The predicted molar refractivity (Wildman–Crippen MR) is 138 cm³/mol. The van der Waals surface area contributed by atoms with Crippen LogP contribution in [0.2, 0.25) is 0 Å². The van der Waals surface area contributed by atoms with Gasteiger partial charge in [0.1, 0.15) is 5.82 Å². The van der Waals surface area contributed by atoms with Crippen molar-refractivity contribution in [1.82, 2.24) is 35.4 Å². The molecule has 0 radical (unpaired) electrons. The van der Waals surface area contributed by atoms with Gasteiger partial charge >= 0.3 is 0 Å². The molecule has 0 unspecified atom stereocenters. The summed E-state index contributed by atoms with van der Waals surface area (Å²) in [7, 11) is 0. The lowest BCUT2D eigenvalue weighted by Gasteiger charge is -2.19. The fourth-order valence-corrected chi connectivity index (χ4v) is 5.06. The number of Topliss-reactive ketones (excluding diaryl/α,β-unsaturated/α-hetero) is 1. The molecule has 1 saturated carbocycles. The summed E-state index contributed by atoms with van der Waals surface area (Å²) in [5.74, 6) is 2.89. The van der Waals surface area contributed by atoms with Gasteiger partial charge in [-0.25, -0.2) is 14.8 Å². The van der Waals surface area contributed by atoms with Gasteiger partial charge in [0.05, 0.1) is 6.54 Å². The van der Waals surface area contributed by atoms with E-state index in [9.17, 15) is 4.79 Å². The highest BCUT2D eigenvalue weighted by Gasteiger charge is 2.22. The smallest absolute Gasteiger partial charge is 0.217 e. The van der Waals surface area contributed by atoms with E-state index in [0.29, 0.717) is 36.5 Å². The monoisotopic (exact) mass is 483 g/mol. The molecule has 0 atom stereocenters. The van der Waals surface area contributed by atoms with Gasteiger partial charge in [-0.15, -0.1) is 10.2 Å². The number of tetrazole rings is 1. The van der Waals surface area contributed by atoms with Crippen LogP contribution >= 0.6 is 0 Å². The number of ketones is 1. The predicted octanol–water partition coefficient (Wildman–Crippen LogP) is 5.53. The summed E-state index contributed by atoms with van der Waals surface area (Å²) in [5.41, 5.74) is 4.19. The Hall–Kier alpha value is -3.68. The van der Waals surface area contributed by atoms with Crippen molar-refractivity contribution < 1.29 is 4.79 Å². The van der Waals surface area contributed by atoms with Gasteiger partial charge in [0.25, 0.3) is 0 Å². The van der Waals surface area contributed by atoms with Gasteiger partial charge in [0.15, 0.2) is 5.82 Å². The molecule has 2 heterocycles. The van der Waals surface area contributed by atoms with Crippen molar-refractivity contribution in [3.63, 3.8) is 0 Å². The molecular formula is C28H33N7O. The minimum Gasteiger partial charge on any atom is -0.291 e. The van der Waals surface area contributed by atoms with E-state index in [4.69, 9.17) is 4.98 Å². The minimum atomic E-state index is 0.0829. The van der Waals surface area contributed by atoms with Crippen LogP contribution in [0.1, 0.15) is 74.4 Å². The minimum absolute atomic E-state index is 0.0829. The maximum atomic E-state index is 13.0. The second-order valence-corrected chi connectivity index (χ2v) is 10.2. The number of H-pyrrole nitrogens is 1. The number of rotatable bonds is 9. The summed E-state index contributed by atoms with van der Waals surface area (Å²) in [4.78, 5) is 17.7. The number of carbonyl (C=O) groups is 1. The second-order valence-electron chi connectivity index (χ2n) is 10.2. The van der Waals surface area contributed by atoms with E-state index in [1.54, 1.807) is 0 Å². The Labute approximate surface area is 211 Å². The molecule has 0 amide bonds. The molecule has 5 rings (SSSR count). The van der Waals surface area contributed by atoms with Crippen molar-refractivity contribution in [2.45, 2.75) is 65.3 Å². The topological polar surface area (TPSA) is 102 Å². The number of aromatic amines is 1. The highest BCUT2D eigenvalue weighted by molar-refractivity contribution is 5.92. The molecular weight excluding hydrogens is 450 g/mol. The molecule has 8 heteroatoms. The number of benzene rings is 2. The first kappa shape index (κ1) is 24.0. The van der Waals surface area contributed by atoms with E-state index in [2.05, 4.69) is 69.9 Å². The largest absolute Gasteiger partial charge is 0.291 e. The first-order valence-electron chi connectivity index (χ1n) is 13.0. The molecule has 2 aromatic carbocycles. The summed E-state index contributed by atoms with van der Waals surface area (Å²) in [6.07, 6.45) is 7.40. The Kier molecular flexibility index (Phi) is 7.30. The van der Waals surface area contributed by atoms with Crippen molar-refractivity contribution in [2.24, 2.45) is 11.8 Å². The quantitative estimate of drug-likeness (QED) is 0.314. The number of nitrogens with one attached hydrogen (secondary N) is 1. The van der Waals surface area contributed by atoms with Crippen LogP contribution in [-0.2, 0) is 13.0 Å². The van der Waals surface area contributed by atoms with Gasteiger partial charge in [-0.1, -0.05) is 94.5 Å². The van der Waals surface area contributed by atoms with Crippen LogP contribution in [0, 0.1) is 11.8 Å². The molecule has 0 spiro atoms. The number of aromatic nitrogens is 7. The molecule has 1 fully saturated rings. The van der Waals surface area contributed by atoms with Gasteiger partial charge in [-0.3, -0.25) is 4.79 Å². The SMILES string of the molecule is CC(C)Cc1nc(C(=O)CC2CCCCC2)nn1Cc1ccc(-c2ccccc2-c2nnn[nH]2)cc1. The summed E-state index contributed by atoms with van der Waals surface area (Å²) in [6, 6.07) is 16.5. The Balaban J connectivity index is 1.35. The summed E-state index contributed by atoms with van der Waals surface area (Å²) in [5, 5.41) is 19.0. The second kappa shape index (κ2) is 10.9.